The van der Waals surface area contributed by atoms with Crippen LogP contribution >= 0.6 is 34.5 Å². The van der Waals surface area contributed by atoms with Crippen LogP contribution in [-0.4, -0.2) is 54.0 Å². The van der Waals surface area contributed by atoms with E-state index in [2.05, 4.69) is 39.8 Å². The van der Waals surface area contributed by atoms with Crippen LogP contribution in [0.1, 0.15) is 31.4 Å². The first-order chi connectivity index (χ1) is 15.8. The number of halogens is 2. The molecule has 2 aromatic heterocycles. The molecule has 1 N–H and O–H groups in total. The second-order valence-electron chi connectivity index (χ2n) is 8.62. The fourth-order valence-electron chi connectivity index (χ4n) is 4.21. The third-order valence-corrected chi connectivity index (χ3v) is 7.96. The molecule has 3 aromatic rings. The summed E-state index contributed by atoms with van der Waals surface area (Å²) in [6, 6.07) is 7.88. The third kappa shape index (κ3) is 5.35. The van der Waals surface area contributed by atoms with E-state index in [4.69, 9.17) is 23.2 Å². The van der Waals surface area contributed by atoms with E-state index in [9.17, 15) is 4.79 Å². The van der Waals surface area contributed by atoms with Gasteiger partial charge in [-0.15, -0.1) is 0 Å². The molecule has 0 aliphatic carbocycles. The highest BCUT2D eigenvalue weighted by Gasteiger charge is 2.25. The molecule has 174 valence electrons. The van der Waals surface area contributed by atoms with Gasteiger partial charge in [-0.25, -0.2) is 4.79 Å². The number of amides is 2. The van der Waals surface area contributed by atoms with Gasteiger partial charge in [0.05, 0.1) is 16.1 Å². The van der Waals surface area contributed by atoms with Crippen molar-refractivity contribution in [1.29, 1.82) is 0 Å². The number of hydrogen-bond acceptors (Lipinski definition) is 4. The Morgan fingerprint density at radius 3 is 2.58 bits per heavy atom. The molecule has 5 nitrogen and oxygen atoms in total. The molecule has 8 heteroatoms. The highest BCUT2D eigenvalue weighted by molar-refractivity contribution is 7.08. The van der Waals surface area contributed by atoms with Gasteiger partial charge in [-0.3, -0.25) is 4.98 Å². The topological polar surface area (TPSA) is 48.5 Å². The van der Waals surface area contributed by atoms with Crippen LogP contribution in [0.2, 0.25) is 10.0 Å². The maximum Gasteiger partial charge on any atom is 0.317 e. The summed E-state index contributed by atoms with van der Waals surface area (Å²) in [5.74, 6) is 0. The van der Waals surface area contributed by atoms with Gasteiger partial charge in [0.2, 0.25) is 0 Å². The van der Waals surface area contributed by atoms with E-state index in [1.807, 2.05) is 42.6 Å². The predicted octanol–water partition coefficient (Wildman–Crippen LogP) is 6.58. The van der Waals surface area contributed by atoms with Crippen molar-refractivity contribution >= 4 is 40.6 Å². The zero-order chi connectivity index (χ0) is 23.5. The van der Waals surface area contributed by atoms with Gasteiger partial charge in [-0.05, 0) is 73.9 Å². The Bertz CT molecular complexity index is 1110. The van der Waals surface area contributed by atoms with Crippen molar-refractivity contribution < 1.29 is 4.79 Å². The van der Waals surface area contributed by atoms with Crippen LogP contribution in [0, 0.1) is 0 Å². The predicted molar refractivity (Wildman–Crippen MR) is 138 cm³/mol. The van der Waals surface area contributed by atoms with Gasteiger partial charge in [-0.1, -0.05) is 35.3 Å². The van der Waals surface area contributed by atoms with E-state index >= 15 is 0 Å². The van der Waals surface area contributed by atoms with Crippen LogP contribution in [0.4, 0.5) is 4.79 Å². The van der Waals surface area contributed by atoms with E-state index in [-0.39, 0.29) is 18.1 Å². The summed E-state index contributed by atoms with van der Waals surface area (Å²) in [5, 5.41) is 8.12. The van der Waals surface area contributed by atoms with E-state index in [0.717, 1.165) is 53.7 Å². The number of likely N-dealkylation sites (tertiary alicyclic amines) is 1. The summed E-state index contributed by atoms with van der Waals surface area (Å²) >= 11 is 15.0. The van der Waals surface area contributed by atoms with Gasteiger partial charge >= 0.3 is 6.03 Å². The fraction of sp³-hybridized carbons (Fsp3) is 0.360. The Labute approximate surface area is 209 Å². The van der Waals surface area contributed by atoms with Crippen LogP contribution in [-0.2, 0) is 0 Å². The fourth-order valence-corrected chi connectivity index (χ4v) is 5.48. The number of nitrogens with one attached hydrogen (secondary N) is 1. The molecule has 0 bridgehead atoms. The van der Waals surface area contributed by atoms with Crippen LogP contribution in [0.3, 0.4) is 0 Å². The highest BCUT2D eigenvalue weighted by atomic mass is 35.5. The molecule has 4 rings (SSSR count). The summed E-state index contributed by atoms with van der Waals surface area (Å²) in [7, 11) is 3.98. The SMILES string of the molecule is CC(NC(=O)N(C)C1CCN(C)CC1)c1ccc(-c2cncc(-c3ccsc3)c2)c(Cl)c1Cl. The number of thiophene rings is 1. The Hall–Kier alpha value is -2.12. The Morgan fingerprint density at radius 1 is 1.15 bits per heavy atom. The summed E-state index contributed by atoms with van der Waals surface area (Å²) in [4.78, 5) is 21.4. The number of benzene rings is 1. The molecule has 2 amide bonds. The van der Waals surface area contributed by atoms with Gasteiger partial charge in [-0.2, -0.15) is 11.3 Å². The monoisotopic (exact) mass is 502 g/mol. The number of hydrogen-bond donors (Lipinski definition) is 1. The minimum absolute atomic E-state index is 0.0963. The van der Waals surface area contributed by atoms with Gasteiger partial charge < -0.3 is 15.1 Å². The molecule has 1 saturated heterocycles. The molecule has 33 heavy (non-hydrogen) atoms. The third-order valence-electron chi connectivity index (χ3n) is 6.38. The molecule has 1 aliphatic rings. The lowest BCUT2D eigenvalue weighted by Gasteiger charge is -2.35. The molecule has 1 unspecified atom stereocenters. The molecule has 1 aromatic carbocycles. The van der Waals surface area contributed by atoms with E-state index in [1.54, 1.807) is 17.5 Å². The lowest BCUT2D eigenvalue weighted by Crippen LogP contribution is -2.48. The van der Waals surface area contributed by atoms with E-state index in [0.29, 0.717) is 10.0 Å². The van der Waals surface area contributed by atoms with Crippen LogP contribution < -0.4 is 5.32 Å². The van der Waals surface area contributed by atoms with Gasteiger partial charge in [0.15, 0.2) is 0 Å². The summed E-state index contributed by atoms with van der Waals surface area (Å²) < 4.78 is 0. The molecule has 1 fully saturated rings. The van der Waals surface area contributed by atoms with Crippen molar-refractivity contribution in [2.75, 3.05) is 27.2 Å². The smallest absolute Gasteiger partial charge is 0.317 e. The Morgan fingerprint density at radius 2 is 1.88 bits per heavy atom. The number of urea groups is 1. The summed E-state index contributed by atoms with van der Waals surface area (Å²) in [6.07, 6.45) is 5.59. The van der Waals surface area contributed by atoms with Crippen LogP contribution in [0.25, 0.3) is 22.3 Å². The Balaban J connectivity index is 1.50. The van der Waals surface area contributed by atoms with Crippen molar-refractivity contribution in [3.63, 3.8) is 0 Å². The molecule has 1 atom stereocenters. The van der Waals surface area contributed by atoms with Gasteiger partial charge in [0, 0.05) is 42.2 Å². The standard InChI is InChI=1S/C25H28Cl2N4OS/c1-16(29-25(32)31(3)20-6-9-30(2)10-7-20)21-4-5-22(24(27)23(21)26)19-12-18(13-28-14-19)17-8-11-33-15-17/h4-5,8,11-16,20H,6-7,9-10H2,1-3H3,(H,29,32). The minimum atomic E-state index is -0.277. The lowest BCUT2D eigenvalue weighted by atomic mass is 10.00. The molecule has 0 saturated carbocycles. The number of rotatable bonds is 5. The van der Waals surface area contributed by atoms with E-state index in [1.165, 1.54) is 0 Å². The van der Waals surface area contributed by atoms with Crippen LogP contribution in [0.15, 0.2) is 47.4 Å². The maximum absolute atomic E-state index is 12.9. The molecule has 0 radical (unpaired) electrons. The molecule has 1 aliphatic heterocycles. The zero-order valence-electron chi connectivity index (χ0n) is 19.0. The van der Waals surface area contributed by atoms with Crippen LogP contribution in [0.5, 0.6) is 0 Å². The van der Waals surface area contributed by atoms with Gasteiger partial charge in [0.25, 0.3) is 0 Å². The van der Waals surface area contributed by atoms with Crippen molar-refractivity contribution in [3.05, 3.63) is 63.0 Å². The average molecular weight is 503 g/mol. The number of carbonyl (C=O) groups excluding carboxylic acids is 1. The molecule has 3 heterocycles. The minimum Gasteiger partial charge on any atom is -0.331 e. The second-order valence-corrected chi connectivity index (χ2v) is 10.2. The number of nitrogens with zero attached hydrogens (tertiary/aromatic N) is 3. The first-order valence-electron chi connectivity index (χ1n) is 11.0. The first-order valence-corrected chi connectivity index (χ1v) is 12.7. The number of carbonyl (C=O) groups is 1. The number of aromatic nitrogens is 1. The molecule has 0 spiro atoms. The molecular formula is C25H28Cl2N4OS. The van der Waals surface area contributed by atoms with Crippen molar-refractivity contribution in [2.45, 2.75) is 31.8 Å². The number of pyridine rings is 1. The Kier molecular flexibility index (Phi) is 7.59. The first kappa shape index (κ1) is 24.0. The zero-order valence-corrected chi connectivity index (χ0v) is 21.3. The van der Waals surface area contributed by atoms with Crippen molar-refractivity contribution in [3.8, 4) is 22.3 Å². The van der Waals surface area contributed by atoms with Gasteiger partial charge in [0.1, 0.15) is 0 Å². The quantitative estimate of drug-likeness (QED) is 0.428. The molecular weight excluding hydrogens is 475 g/mol. The second kappa shape index (κ2) is 10.4. The average Bonchev–Trinajstić information content (AvgIpc) is 3.36. The normalized spacial score (nSPS) is 15.9. The highest BCUT2D eigenvalue weighted by Crippen LogP contribution is 2.39. The van der Waals surface area contributed by atoms with Crippen molar-refractivity contribution in [2.24, 2.45) is 0 Å². The summed E-state index contributed by atoms with van der Waals surface area (Å²) in [5.41, 5.74) is 4.66. The van der Waals surface area contributed by atoms with Crippen molar-refractivity contribution in [1.82, 2.24) is 20.1 Å². The number of piperidine rings is 1. The van der Waals surface area contributed by atoms with E-state index < -0.39 is 0 Å². The largest absolute Gasteiger partial charge is 0.331 e. The maximum atomic E-state index is 12.9. The lowest BCUT2D eigenvalue weighted by molar-refractivity contribution is 0.146. The summed E-state index contributed by atoms with van der Waals surface area (Å²) in [6.45, 7) is 3.93.